The topological polar surface area (TPSA) is 86.8 Å². The average Bonchev–Trinajstić information content (AvgIpc) is 3.04. The number of nitrogens with zero attached hydrogens (tertiary/aromatic N) is 2. The normalized spacial score (nSPS) is 12.6. The monoisotopic (exact) mass is 665 g/mol. The summed E-state index contributed by atoms with van der Waals surface area (Å²) in [4.78, 5) is 30.0. The first-order chi connectivity index (χ1) is 21.5. The summed E-state index contributed by atoms with van der Waals surface area (Å²) in [6.45, 7) is 5.33. The van der Waals surface area contributed by atoms with Crippen molar-refractivity contribution in [2.24, 2.45) is 0 Å². The first kappa shape index (κ1) is 34.0. The molecule has 0 saturated heterocycles. The molecule has 4 aromatic carbocycles. The summed E-state index contributed by atoms with van der Waals surface area (Å²) < 4.78 is 29.2. The molecule has 7 nitrogen and oxygen atoms in total. The summed E-state index contributed by atoms with van der Waals surface area (Å²) >= 11 is 12.5. The molecular formula is C35H37Cl2N3O4S. The van der Waals surface area contributed by atoms with Crippen molar-refractivity contribution < 1.29 is 18.0 Å². The van der Waals surface area contributed by atoms with Crippen LogP contribution < -0.4 is 9.62 Å². The van der Waals surface area contributed by atoms with Crippen molar-refractivity contribution in [1.29, 1.82) is 0 Å². The molecule has 0 aromatic heterocycles. The Bertz CT molecular complexity index is 1720. The van der Waals surface area contributed by atoms with E-state index in [2.05, 4.69) is 5.32 Å². The van der Waals surface area contributed by atoms with Crippen LogP contribution >= 0.6 is 23.2 Å². The molecule has 0 bridgehead atoms. The number of nitrogens with one attached hydrogen (secondary N) is 1. The molecule has 45 heavy (non-hydrogen) atoms. The average molecular weight is 667 g/mol. The summed E-state index contributed by atoms with van der Waals surface area (Å²) in [5.74, 6) is -0.869. The van der Waals surface area contributed by atoms with Crippen LogP contribution in [0, 0.1) is 6.92 Å². The van der Waals surface area contributed by atoms with Crippen molar-refractivity contribution in [2.75, 3.05) is 10.8 Å². The van der Waals surface area contributed by atoms with Crippen LogP contribution in [0.5, 0.6) is 0 Å². The van der Waals surface area contributed by atoms with Gasteiger partial charge in [-0.05, 0) is 67.3 Å². The van der Waals surface area contributed by atoms with Crippen LogP contribution in [0.3, 0.4) is 0 Å². The number of carbonyl (C=O) groups excluding carboxylic acids is 2. The summed E-state index contributed by atoms with van der Waals surface area (Å²) in [7, 11) is -4.24. The van der Waals surface area contributed by atoms with Crippen LogP contribution in [0.15, 0.2) is 108 Å². The summed E-state index contributed by atoms with van der Waals surface area (Å²) in [6.07, 6.45) is 0.939. The maximum atomic E-state index is 14.5. The molecule has 0 aliphatic carbocycles. The fourth-order valence-electron chi connectivity index (χ4n) is 4.85. The van der Waals surface area contributed by atoms with Gasteiger partial charge < -0.3 is 10.2 Å². The number of hydrogen-bond acceptors (Lipinski definition) is 4. The highest BCUT2D eigenvalue weighted by atomic mass is 35.5. The summed E-state index contributed by atoms with van der Waals surface area (Å²) in [6, 6.07) is 28.3. The van der Waals surface area contributed by atoms with Gasteiger partial charge in [-0.15, -0.1) is 0 Å². The predicted octanol–water partition coefficient (Wildman–Crippen LogP) is 7.05. The molecule has 0 aliphatic heterocycles. The minimum atomic E-state index is -4.24. The van der Waals surface area contributed by atoms with Crippen molar-refractivity contribution in [3.8, 4) is 0 Å². The predicted molar refractivity (Wildman–Crippen MR) is 181 cm³/mol. The van der Waals surface area contributed by atoms with E-state index in [1.54, 1.807) is 18.2 Å². The van der Waals surface area contributed by atoms with Gasteiger partial charge in [-0.25, -0.2) is 8.42 Å². The van der Waals surface area contributed by atoms with E-state index in [4.69, 9.17) is 23.2 Å². The Labute approximate surface area is 275 Å². The number of sulfonamides is 1. The van der Waals surface area contributed by atoms with Crippen LogP contribution in [0.2, 0.25) is 10.0 Å². The third kappa shape index (κ3) is 8.66. The zero-order valence-corrected chi connectivity index (χ0v) is 27.8. The van der Waals surface area contributed by atoms with E-state index >= 15 is 0 Å². The Morgan fingerprint density at radius 2 is 1.47 bits per heavy atom. The van der Waals surface area contributed by atoms with Gasteiger partial charge in [-0.1, -0.05) is 103 Å². The molecule has 2 amide bonds. The van der Waals surface area contributed by atoms with Gasteiger partial charge in [0.05, 0.1) is 20.6 Å². The molecule has 0 heterocycles. The molecule has 4 rings (SSSR count). The van der Waals surface area contributed by atoms with Crippen molar-refractivity contribution in [3.63, 3.8) is 0 Å². The second-order valence-electron chi connectivity index (χ2n) is 10.9. The number of anilines is 1. The van der Waals surface area contributed by atoms with Gasteiger partial charge in [-0.3, -0.25) is 13.9 Å². The Balaban J connectivity index is 1.83. The van der Waals surface area contributed by atoms with E-state index in [1.165, 1.54) is 35.2 Å². The molecule has 10 heteroatoms. The van der Waals surface area contributed by atoms with Crippen molar-refractivity contribution in [1.82, 2.24) is 10.2 Å². The van der Waals surface area contributed by atoms with E-state index < -0.39 is 28.5 Å². The number of amides is 2. The lowest BCUT2D eigenvalue weighted by molar-refractivity contribution is -0.140. The van der Waals surface area contributed by atoms with Crippen LogP contribution in [0.4, 0.5) is 5.69 Å². The van der Waals surface area contributed by atoms with Crippen LogP contribution in [0.1, 0.15) is 37.0 Å². The molecule has 0 radical (unpaired) electrons. The quantitative estimate of drug-likeness (QED) is 0.166. The van der Waals surface area contributed by atoms with Gasteiger partial charge >= 0.3 is 0 Å². The smallest absolute Gasteiger partial charge is 0.264 e. The number of halogens is 2. The third-order valence-corrected chi connectivity index (χ3v) is 10.2. The minimum Gasteiger partial charge on any atom is -0.352 e. The van der Waals surface area contributed by atoms with Gasteiger partial charge in [0, 0.05) is 19.0 Å². The molecule has 4 aromatic rings. The first-order valence-corrected chi connectivity index (χ1v) is 16.9. The SMILES string of the molecule is CC[C@@H](C)NC(=O)[C@@H](Cc1ccccc1)N(Cc1ccccc1C)C(=O)CN(c1ccc(Cl)c(Cl)c1)S(=O)(=O)c1ccccc1. The highest BCUT2D eigenvalue weighted by Gasteiger charge is 2.35. The third-order valence-electron chi connectivity index (χ3n) is 7.68. The zero-order chi connectivity index (χ0) is 32.6. The number of rotatable bonds is 13. The lowest BCUT2D eigenvalue weighted by atomic mass is 10.0. The highest BCUT2D eigenvalue weighted by Crippen LogP contribution is 2.31. The number of carbonyl (C=O) groups is 2. The van der Waals surface area contributed by atoms with Crippen molar-refractivity contribution in [3.05, 3.63) is 130 Å². The lowest BCUT2D eigenvalue weighted by Gasteiger charge is -2.34. The molecule has 0 fully saturated rings. The molecular weight excluding hydrogens is 629 g/mol. The molecule has 0 saturated carbocycles. The maximum Gasteiger partial charge on any atom is 0.264 e. The molecule has 0 aliphatic rings. The maximum absolute atomic E-state index is 14.5. The summed E-state index contributed by atoms with van der Waals surface area (Å²) in [5, 5.41) is 3.43. The van der Waals surface area contributed by atoms with Crippen molar-refractivity contribution >= 4 is 50.7 Å². The van der Waals surface area contributed by atoms with E-state index in [0.717, 1.165) is 21.0 Å². The Hall–Kier alpha value is -3.85. The number of aryl methyl sites for hydroxylation is 1. The standard InChI is InChI=1S/C35H37Cl2N3O4S/c1-4-26(3)38-35(42)33(21-27-14-7-5-8-15-27)39(23-28-16-12-11-13-25(28)2)34(41)24-40(29-19-20-31(36)32(37)22-29)45(43,44)30-17-9-6-10-18-30/h5-20,22,26,33H,4,21,23-24H2,1-3H3,(H,38,42)/t26-,33-/m1/s1. The summed E-state index contributed by atoms with van der Waals surface area (Å²) in [5.41, 5.74) is 2.81. The Morgan fingerprint density at radius 1 is 0.844 bits per heavy atom. The largest absolute Gasteiger partial charge is 0.352 e. The Morgan fingerprint density at radius 3 is 2.09 bits per heavy atom. The van der Waals surface area contributed by atoms with E-state index in [9.17, 15) is 18.0 Å². The van der Waals surface area contributed by atoms with Gasteiger partial charge in [0.25, 0.3) is 10.0 Å². The van der Waals surface area contributed by atoms with E-state index in [-0.39, 0.29) is 45.5 Å². The fraction of sp³-hybridized carbons (Fsp3) is 0.257. The van der Waals surface area contributed by atoms with E-state index in [1.807, 2.05) is 75.4 Å². The second kappa shape index (κ2) is 15.4. The van der Waals surface area contributed by atoms with Crippen molar-refractivity contribution in [2.45, 2.75) is 57.1 Å². The van der Waals surface area contributed by atoms with Crippen LogP contribution in [-0.2, 0) is 32.6 Å². The molecule has 0 unspecified atom stereocenters. The lowest BCUT2D eigenvalue weighted by Crippen LogP contribution is -2.54. The van der Waals surface area contributed by atoms with E-state index in [0.29, 0.717) is 6.42 Å². The molecule has 2 atom stereocenters. The Kier molecular flexibility index (Phi) is 11.7. The molecule has 236 valence electrons. The van der Waals surface area contributed by atoms with Gasteiger partial charge in [0.2, 0.25) is 11.8 Å². The van der Waals surface area contributed by atoms with Crippen LogP contribution in [-0.4, -0.2) is 43.8 Å². The number of hydrogen-bond donors (Lipinski definition) is 1. The van der Waals surface area contributed by atoms with Gasteiger partial charge in [-0.2, -0.15) is 0 Å². The zero-order valence-electron chi connectivity index (χ0n) is 25.5. The number of benzene rings is 4. The van der Waals surface area contributed by atoms with Gasteiger partial charge in [0.15, 0.2) is 0 Å². The fourth-order valence-corrected chi connectivity index (χ4v) is 6.57. The minimum absolute atomic E-state index is 0.00433. The second-order valence-corrected chi connectivity index (χ2v) is 13.6. The molecule has 0 spiro atoms. The van der Waals surface area contributed by atoms with Crippen LogP contribution in [0.25, 0.3) is 0 Å². The first-order valence-electron chi connectivity index (χ1n) is 14.7. The molecule has 1 N–H and O–H groups in total. The highest BCUT2D eigenvalue weighted by molar-refractivity contribution is 7.92. The van der Waals surface area contributed by atoms with Gasteiger partial charge in [0.1, 0.15) is 12.6 Å².